The first kappa shape index (κ1) is 12.2. The fraction of sp³-hybridized carbons (Fsp3) is 0.500. The van der Waals surface area contributed by atoms with Gasteiger partial charge in [-0.3, -0.25) is 4.79 Å². The summed E-state index contributed by atoms with van der Waals surface area (Å²) < 4.78 is 5.42. The van der Waals surface area contributed by atoms with E-state index in [4.69, 9.17) is 10.00 Å². The molecule has 19 heavy (non-hydrogen) atoms. The molecule has 0 aliphatic heterocycles. The lowest BCUT2D eigenvalue weighted by Crippen LogP contribution is -2.23. The SMILES string of the molecule is N#Cc1ccc(COC(=O)C2CC3CCC2C3)cc1. The first-order chi connectivity index (χ1) is 9.26. The van der Waals surface area contributed by atoms with Crippen molar-refractivity contribution in [3.05, 3.63) is 35.4 Å². The number of esters is 1. The van der Waals surface area contributed by atoms with Crippen molar-refractivity contribution in [1.29, 1.82) is 5.26 Å². The van der Waals surface area contributed by atoms with Crippen LogP contribution in [0.4, 0.5) is 0 Å². The summed E-state index contributed by atoms with van der Waals surface area (Å²) in [7, 11) is 0. The second kappa shape index (κ2) is 5.05. The van der Waals surface area contributed by atoms with Gasteiger partial charge in [-0.2, -0.15) is 5.26 Å². The number of rotatable bonds is 3. The molecule has 3 nitrogen and oxygen atoms in total. The highest BCUT2D eigenvalue weighted by molar-refractivity contribution is 5.73. The summed E-state index contributed by atoms with van der Waals surface area (Å²) in [6.45, 7) is 0.318. The third-order valence-electron chi connectivity index (χ3n) is 4.50. The van der Waals surface area contributed by atoms with Crippen LogP contribution in [0.5, 0.6) is 0 Å². The smallest absolute Gasteiger partial charge is 0.309 e. The molecule has 3 atom stereocenters. The molecule has 0 N–H and O–H groups in total. The van der Waals surface area contributed by atoms with Crippen LogP contribution < -0.4 is 0 Å². The van der Waals surface area contributed by atoms with Crippen LogP contribution in [0.25, 0.3) is 0 Å². The molecule has 0 heterocycles. The minimum absolute atomic E-state index is 0.0310. The molecule has 2 aliphatic carbocycles. The second-order valence-corrected chi connectivity index (χ2v) is 5.70. The molecule has 0 saturated heterocycles. The van der Waals surface area contributed by atoms with Crippen LogP contribution in [0.3, 0.4) is 0 Å². The number of nitrogens with zero attached hydrogens (tertiary/aromatic N) is 1. The maximum atomic E-state index is 12.1. The van der Waals surface area contributed by atoms with Gasteiger partial charge in [0.15, 0.2) is 0 Å². The summed E-state index contributed by atoms with van der Waals surface area (Å²) in [6.07, 6.45) is 4.73. The minimum Gasteiger partial charge on any atom is -0.461 e. The van der Waals surface area contributed by atoms with E-state index >= 15 is 0 Å². The molecule has 2 aliphatic rings. The largest absolute Gasteiger partial charge is 0.461 e. The number of hydrogen-bond donors (Lipinski definition) is 0. The highest BCUT2D eigenvalue weighted by Gasteiger charge is 2.43. The first-order valence-corrected chi connectivity index (χ1v) is 6.92. The molecule has 0 spiro atoms. The third kappa shape index (κ3) is 2.49. The van der Waals surface area contributed by atoms with Gasteiger partial charge in [-0.05, 0) is 48.8 Å². The zero-order chi connectivity index (χ0) is 13.2. The van der Waals surface area contributed by atoms with Gasteiger partial charge in [0.1, 0.15) is 6.61 Å². The van der Waals surface area contributed by atoms with Gasteiger partial charge in [-0.25, -0.2) is 0 Å². The molecule has 2 saturated carbocycles. The predicted octanol–water partition coefficient (Wildman–Crippen LogP) is 3.04. The lowest BCUT2D eigenvalue weighted by atomic mass is 9.89. The summed E-state index contributed by atoms with van der Waals surface area (Å²) in [6, 6.07) is 9.26. The van der Waals surface area contributed by atoms with Crippen molar-refractivity contribution in [2.75, 3.05) is 0 Å². The number of ether oxygens (including phenoxy) is 1. The van der Waals surface area contributed by atoms with Crippen LogP contribution in [-0.2, 0) is 16.1 Å². The van der Waals surface area contributed by atoms with E-state index in [1.807, 2.05) is 12.1 Å². The Morgan fingerprint density at radius 1 is 1.26 bits per heavy atom. The standard InChI is InChI=1S/C16H17NO2/c17-9-11-1-3-12(4-2-11)10-19-16(18)15-8-13-5-6-14(15)7-13/h1-4,13-15H,5-8,10H2. The lowest BCUT2D eigenvalue weighted by molar-refractivity contribution is -0.151. The van der Waals surface area contributed by atoms with Crippen molar-refractivity contribution in [1.82, 2.24) is 0 Å². The molecule has 3 rings (SSSR count). The van der Waals surface area contributed by atoms with Gasteiger partial charge in [0, 0.05) is 0 Å². The highest BCUT2D eigenvalue weighted by atomic mass is 16.5. The molecule has 3 unspecified atom stereocenters. The molecule has 0 aromatic heterocycles. The third-order valence-corrected chi connectivity index (χ3v) is 4.50. The number of benzene rings is 1. The Morgan fingerprint density at radius 3 is 2.63 bits per heavy atom. The topological polar surface area (TPSA) is 50.1 Å². The molecular formula is C16H17NO2. The Balaban J connectivity index is 1.54. The van der Waals surface area contributed by atoms with Crippen LogP contribution in [0.15, 0.2) is 24.3 Å². The van der Waals surface area contributed by atoms with Crippen molar-refractivity contribution in [2.24, 2.45) is 17.8 Å². The van der Waals surface area contributed by atoms with Crippen LogP contribution in [0, 0.1) is 29.1 Å². The zero-order valence-electron chi connectivity index (χ0n) is 10.8. The number of nitriles is 1. The van der Waals surface area contributed by atoms with Crippen molar-refractivity contribution in [3.63, 3.8) is 0 Å². The number of fused-ring (bicyclic) bond motifs is 2. The van der Waals surface area contributed by atoms with Crippen molar-refractivity contribution in [2.45, 2.75) is 32.3 Å². The van der Waals surface area contributed by atoms with Crippen LogP contribution in [0.1, 0.15) is 36.8 Å². The average molecular weight is 255 g/mol. The number of carbonyl (C=O) groups excluding carboxylic acids is 1. The van der Waals surface area contributed by atoms with Crippen LogP contribution >= 0.6 is 0 Å². The minimum atomic E-state index is -0.0310. The molecule has 98 valence electrons. The van der Waals surface area contributed by atoms with Crippen molar-refractivity contribution >= 4 is 5.97 Å². The molecule has 0 amide bonds. The Morgan fingerprint density at radius 2 is 2.05 bits per heavy atom. The van der Waals surface area contributed by atoms with Gasteiger partial charge in [0.25, 0.3) is 0 Å². The normalized spacial score (nSPS) is 28.1. The number of carbonyl (C=O) groups is 1. The van der Waals surface area contributed by atoms with E-state index in [1.165, 1.54) is 19.3 Å². The van der Waals surface area contributed by atoms with E-state index in [1.54, 1.807) is 12.1 Å². The van der Waals surface area contributed by atoms with E-state index in [-0.39, 0.29) is 11.9 Å². The Labute approximate surface area is 113 Å². The Hall–Kier alpha value is -1.82. The van der Waals surface area contributed by atoms with Gasteiger partial charge in [-0.15, -0.1) is 0 Å². The van der Waals surface area contributed by atoms with E-state index in [9.17, 15) is 4.79 Å². The molecule has 2 fully saturated rings. The Kier molecular flexibility index (Phi) is 3.25. The van der Waals surface area contributed by atoms with E-state index in [0.29, 0.717) is 18.1 Å². The molecular weight excluding hydrogens is 238 g/mol. The van der Waals surface area contributed by atoms with Gasteiger partial charge in [0.2, 0.25) is 0 Å². The fourth-order valence-corrected chi connectivity index (χ4v) is 3.47. The molecule has 2 bridgehead atoms. The van der Waals surface area contributed by atoms with Crippen LogP contribution in [0.2, 0.25) is 0 Å². The Bertz CT molecular complexity index is 515. The van der Waals surface area contributed by atoms with Crippen LogP contribution in [-0.4, -0.2) is 5.97 Å². The molecule has 1 aromatic rings. The quantitative estimate of drug-likeness (QED) is 0.780. The first-order valence-electron chi connectivity index (χ1n) is 6.92. The maximum absolute atomic E-state index is 12.1. The summed E-state index contributed by atoms with van der Waals surface area (Å²) in [5, 5.41) is 8.72. The van der Waals surface area contributed by atoms with E-state index in [0.717, 1.165) is 17.9 Å². The highest BCUT2D eigenvalue weighted by Crippen LogP contribution is 2.48. The van der Waals surface area contributed by atoms with E-state index in [2.05, 4.69) is 6.07 Å². The van der Waals surface area contributed by atoms with Crippen molar-refractivity contribution < 1.29 is 9.53 Å². The predicted molar refractivity (Wildman–Crippen MR) is 69.9 cm³/mol. The maximum Gasteiger partial charge on any atom is 0.309 e. The van der Waals surface area contributed by atoms with Gasteiger partial charge in [-0.1, -0.05) is 18.6 Å². The fourth-order valence-electron chi connectivity index (χ4n) is 3.47. The monoisotopic (exact) mass is 255 g/mol. The summed E-state index contributed by atoms with van der Waals surface area (Å²) in [4.78, 5) is 12.1. The summed E-state index contributed by atoms with van der Waals surface area (Å²) in [5.41, 5.74) is 1.57. The molecule has 0 radical (unpaired) electrons. The molecule has 1 aromatic carbocycles. The second-order valence-electron chi connectivity index (χ2n) is 5.70. The average Bonchev–Trinajstić information content (AvgIpc) is 3.08. The lowest BCUT2D eigenvalue weighted by Gasteiger charge is -2.19. The zero-order valence-corrected chi connectivity index (χ0v) is 10.8. The summed E-state index contributed by atoms with van der Waals surface area (Å²) >= 11 is 0. The van der Waals surface area contributed by atoms with Gasteiger partial charge >= 0.3 is 5.97 Å². The molecule has 3 heteroatoms. The van der Waals surface area contributed by atoms with Gasteiger partial charge < -0.3 is 4.74 Å². The number of hydrogen-bond acceptors (Lipinski definition) is 3. The van der Waals surface area contributed by atoms with E-state index < -0.39 is 0 Å². The summed E-state index contributed by atoms with van der Waals surface area (Å²) in [5.74, 6) is 1.43. The van der Waals surface area contributed by atoms with Gasteiger partial charge in [0.05, 0.1) is 17.6 Å². The van der Waals surface area contributed by atoms with Crippen molar-refractivity contribution in [3.8, 4) is 6.07 Å².